The van der Waals surface area contributed by atoms with Gasteiger partial charge in [0.15, 0.2) is 0 Å². The summed E-state index contributed by atoms with van der Waals surface area (Å²) >= 11 is 0. The van der Waals surface area contributed by atoms with Gasteiger partial charge in [0.2, 0.25) is 0 Å². The molecule has 0 saturated heterocycles. The first-order chi connectivity index (χ1) is 16.0. The van der Waals surface area contributed by atoms with Gasteiger partial charge in [0.1, 0.15) is 12.2 Å². The average Bonchev–Trinajstić information content (AvgIpc) is 2.79. The second-order valence-electron chi connectivity index (χ2n) is 9.38. The maximum Gasteiger partial charge on any atom is 0.339 e. The normalized spacial score (nSPS) is 20.3. The van der Waals surface area contributed by atoms with E-state index >= 15 is 0 Å². The van der Waals surface area contributed by atoms with E-state index in [4.69, 9.17) is 9.47 Å². The van der Waals surface area contributed by atoms with E-state index in [1.165, 1.54) is 0 Å². The Morgan fingerprint density at radius 1 is 0.824 bits per heavy atom. The largest absolute Gasteiger partial charge is 0.455 e. The fraction of sp³-hybridized carbons (Fsp3) is 0.417. The lowest BCUT2D eigenvalue weighted by Crippen LogP contribution is -2.43. The average molecular weight is 470 g/mol. The van der Waals surface area contributed by atoms with Crippen LogP contribution in [0.15, 0.2) is 48.5 Å². The quantitative estimate of drug-likeness (QED) is 0.323. The van der Waals surface area contributed by atoms with Crippen LogP contribution < -0.4 is 0 Å². The Morgan fingerprint density at radius 2 is 1.35 bits per heavy atom. The number of carbonyl (C=O) groups excluding carboxylic acids is 2. The summed E-state index contributed by atoms with van der Waals surface area (Å²) in [7, 11) is 0. The summed E-state index contributed by atoms with van der Waals surface area (Å²) in [6, 6.07) is 11.1. The van der Waals surface area contributed by atoms with Gasteiger partial charge in [-0.25, -0.2) is 9.59 Å². The summed E-state index contributed by atoms with van der Waals surface area (Å²) in [4.78, 5) is 46.2. The number of nitro benzene ring substituents is 2. The van der Waals surface area contributed by atoms with Gasteiger partial charge >= 0.3 is 11.9 Å². The molecule has 34 heavy (non-hydrogen) atoms. The summed E-state index contributed by atoms with van der Waals surface area (Å²) in [6.45, 7) is 6.26. The van der Waals surface area contributed by atoms with Crippen LogP contribution in [0.1, 0.15) is 60.7 Å². The molecule has 2 aromatic rings. The Morgan fingerprint density at radius 3 is 1.88 bits per heavy atom. The first-order valence-electron chi connectivity index (χ1n) is 10.9. The van der Waals surface area contributed by atoms with Crippen LogP contribution in [-0.2, 0) is 9.47 Å². The third-order valence-electron chi connectivity index (χ3n) is 6.04. The highest BCUT2D eigenvalue weighted by atomic mass is 16.6. The smallest absolute Gasteiger partial charge is 0.339 e. The van der Waals surface area contributed by atoms with Crippen LogP contribution in [-0.4, -0.2) is 34.0 Å². The Bertz CT molecular complexity index is 1060. The molecule has 0 aliphatic heterocycles. The van der Waals surface area contributed by atoms with Crippen LogP contribution in [0.25, 0.3) is 0 Å². The number of ether oxygens (including phenoxy) is 2. The van der Waals surface area contributed by atoms with Gasteiger partial charge in [-0.2, -0.15) is 0 Å². The highest BCUT2D eigenvalue weighted by Crippen LogP contribution is 2.40. The van der Waals surface area contributed by atoms with Gasteiger partial charge in [-0.3, -0.25) is 20.2 Å². The van der Waals surface area contributed by atoms with Gasteiger partial charge in [-0.05, 0) is 42.7 Å². The molecule has 1 saturated carbocycles. The number of esters is 2. The van der Waals surface area contributed by atoms with Crippen molar-refractivity contribution in [2.45, 2.75) is 52.2 Å². The molecule has 0 radical (unpaired) electrons. The monoisotopic (exact) mass is 470 g/mol. The van der Waals surface area contributed by atoms with Gasteiger partial charge < -0.3 is 9.47 Å². The van der Waals surface area contributed by atoms with E-state index in [0.717, 1.165) is 24.6 Å². The van der Waals surface area contributed by atoms with Gasteiger partial charge in [-0.15, -0.1) is 0 Å². The third kappa shape index (κ3) is 5.94. The molecule has 3 atom stereocenters. The molecule has 2 aromatic carbocycles. The number of rotatable bonds is 6. The number of nitro groups is 2. The van der Waals surface area contributed by atoms with Crippen molar-refractivity contribution in [1.29, 1.82) is 0 Å². The highest BCUT2D eigenvalue weighted by molar-refractivity contribution is 5.91. The SMILES string of the molecule is CC(C)(C)[C@@H]1CC[C@@H](OC(=O)c2cc([N+](=O)[O-])cc([N+](=O)[O-])c2)[C@@H](OC(=O)c2ccccc2)C1. The van der Waals surface area contributed by atoms with Gasteiger partial charge in [0.05, 0.1) is 27.0 Å². The lowest BCUT2D eigenvalue weighted by Gasteiger charge is -2.40. The molecule has 0 spiro atoms. The number of carbonyl (C=O) groups is 2. The van der Waals surface area contributed by atoms with E-state index in [1.54, 1.807) is 30.3 Å². The van der Waals surface area contributed by atoms with Crippen molar-refractivity contribution in [3.63, 3.8) is 0 Å². The summed E-state index contributed by atoms with van der Waals surface area (Å²) in [5, 5.41) is 22.3. The molecular formula is C24H26N2O8. The summed E-state index contributed by atoms with van der Waals surface area (Å²) in [5.41, 5.74) is -1.20. The zero-order chi connectivity index (χ0) is 25.0. The minimum atomic E-state index is -0.952. The van der Waals surface area contributed by atoms with Crippen molar-refractivity contribution < 1.29 is 28.9 Å². The third-order valence-corrected chi connectivity index (χ3v) is 6.04. The van der Waals surface area contributed by atoms with Crippen molar-refractivity contribution in [3.8, 4) is 0 Å². The first-order valence-corrected chi connectivity index (χ1v) is 10.9. The Hall–Kier alpha value is -3.82. The van der Waals surface area contributed by atoms with Crippen LogP contribution >= 0.6 is 0 Å². The molecule has 10 heteroatoms. The van der Waals surface area contributed by atoms with Crippen LogP contribution in [0, 0.1) is 31.6 Å². The lowest BCUT2D eigenvalue weighted by molar-refractivity contribution is -0.394. The first kappa shape index (κ1) is 24.8. The molecule has 0 amide bonds. The number of nitrogens with zero attached hydrogens (tertiary/aromatic N) is 2. The van der Waals surface area contributed by atoms with Crippen LogP contribution in [0.2, 0.25) is 0 Å². The predicted molar refractivity (Wildman–Crippen MR) is 121 cm³/mol. The number of benzene rings is 2. The molecule has 0 N–H and O–H groups in total. The van der Waals surface area contributed by atoms with Crippen LogP contribution in [0.3, 0.4) is 0 Å². The van der Waals surface area contributed by atoms with Crippen LogP contribution in [0.5, 0.6) is 0 Å². The predicted octanol–water partition coefficient (Wildman–Crippen LogP) is 5.10. The number of non-ortho nitro benzene ring substituents is 2. The summed E-state index contributed by atoms with van der Waals surface area (Å²) in [6.07, 6.45) is 0.0722. The molecule has 0 bridgehead atoms. The molecule has 1 aliphatic rings. The molecule has 0 unspecified atom stereocenters. The number of hydrogen-bond donors (Lipinski definition) is 0. The molecule has 3 rings (SSSR count). The molecule has 180 valence electrons. The highest BCUT2D eigenvalue weighted by Gasteiger charge is 2.40. The molecule has 1 fully saturated rings. The second kappa shape index (κ2) is 9.98. The standard InChI is InChI=1S/C24H26N2O8/c1-24(2,3)17-9-10-20(21(13-17)34-22(27)15-7-5-4-6-8-15)33-23(28)16-11-18(25(29)30)14-19(12-16)26(31)32/h4-8,11-12,14,17,20-21H,9-10,13H2,1-3H3/t17-,20-,21+/m1/s1. The lowest BCUT2D eigenvalue weighted by atomic mass is 9.71. The van der Waals surface area contributed by atoms with Gasteiger partial charge in [0.25, 0.3) is 11.4 Å². The van der Waals surface area contributed by atoms with Crippen molar-refractivity contribution >= 4 is 23.3 Å². The van der Waals surface area contributed by atoms with E-state index in [1.807, 2.05) is 0 Å². The maximum atomic E-state index is 12.8. The van der Waals surface area contributed by atoms with E-state index in [2.05, 4.69) is 20.8 Å². The van der Waals surface area contributed by atoms with Crippen molar-refractivity contribution in [2.24, 2.45) is 11.3 Å². The Balaban J connectivity index is 1.84. The molecule has 1 aliphatic carbocycles. The van der Waals surface area contributed by atoms with Crippen molar-refractivity contribution in [1.82, 2.24) is 0 Å². The van der Waals surface area contributed by atoms with Gasteiger partial charge in [-0.1, -0.05) is 39.0 Å². The Kier molecular flexibility index (Phi) is 7.29. The van der Waals surface area contributed by atoms with E-state index in [9.17, 15) is 29.8 Å². The van der Waals surface area contributed by atoms with E-state index in [-0.39, 0.29) is 16.9 Å². The zero-order valence-corrected chi connectivity index (χ0v) is 19.1. The van der Waals surface area contributed by atoms with Gasteiger partial charge in [0, 0.05) is 12.1 Å². The maximum absolute atomic E-state index is 12.8. The molecule has 10 nitrogen and oxygen atoms in total. The minimum Gasteiger partial charge on any atom is -0.455 e. The van der Waals surface area contributed by atoms with Crippen molar-refractivity contribution in [2.75, 3.05) is 0 Å². The molecular weight excluding hydrogens is 444 g/mol. The topological polar surface area (TPSA) is 139 Å². The Labute approximate surface area is 196 Å². The molecule has 0 heterocycles. The fourth-order valence-electron chi connectivity index (χ4n) is 4.06. The molecule has 0 aromatic heterocycles. The van der Waals surface area contributed by atoms with Crippen molar-refractivity contribution in [3.05, 3.63) is 79.9 Å². The fourth-order valence-corrected chi connectivity index (χ4v) is 4.06. The van der Waals surface area contributed by atoms with E-state index in [0.29, 0.717) is 18.4 Å². The number of hydrogen-bond acceptors (Lipinski definition) is 8. The van der Waals surface area contributed by atoms with E-state index < -0.39 is 45.4 Å². The second-order valence-corrected chi connectivity index (χ2v) is 9.38. The zero-order valence-electron chi connectivity index (χ0n) is 19.1. The minimum absolute atomic E-state index is 0.0625. The summed E-state index contributed by atoms with van der Waals surface area (Å²) < 4.78 is 11.3. The summed E-state index contributed by atoms with van der Waals surface area (Å²) in [5.74, 6) is -1.30. The van der Waals surface area contributed by atoms with Crippen LogP contribution in [0.4, 0.5) is 11.4 Å².